The van der Waals surface area contributed by atoms with Gasteiger partial charge in [0.2, 0.25) is 5.95 Å². The number of anilines is 3. The molecule has 2 aromatic carbocycles. The predicted octanol–water partition coefficient (Wildman–Crippen LogP) is 5.20. The zero-order chi connectivity index (χ0) is 19.2. The van der Waals surface area contributed by atoms with Gasteiger partial charge in [0.05, 0.1) is 5.69 Å². The maximum absolute atomic E-state index is 4.69. The molecule has 2 heterocycles. The summed E-state index contributed by atoms with van der Waals surface area (Å²) in [6.07, 6.45) is 3.60. The first-order chi connectivity index (χ1) is 13.8. The quantitative estimate of drug-likeness (QED) is 0.490. The van der Waals surface area contributed by atoms with Gasteiger partial charge in [-0.3, -0.25) is 4.98 Å². The van der Waals surface area contributed by atoms with Gasteiger partial charge in [-0.1, -0.05) is 54.1 Å². The van der Waals surface area contributed by atoms with Gasteiger partial charge in [0.1, 0.15) is 5.82 Å². The normalized spacial score (nSPS) is 10.5. The molecule has 0 aliphatic rings. The molecule has 0 aliphatic carbocycles. The fraction of sp³-hybridized carbons (Fsp3) is 0.0870. The van der Waals surface area contributed by atoms with E-state index in [1.807, 2.05) is 66.9 Å². The molecular weight excluding hydrogens is 346 g/mol. The third-order valence-electron chi connectivity index (χ3n) is 4.29. The van der Waals surface area contributed by atoms with E-state index in [2.05, 4.69) is 39.7 Å². The van der Waals surface area contributed by atoms with Crippen LogP contribution in [0.2, 0.25) is 0 Å². The summed E-state index contributed by atoms with van der Waals surface area (Å²) in [5, 5.41) is 6.68. The zero-order valence-corrected chi connectivity index (χ0v) is 15.6. The average molecular weight is 367 g/mol. The molecule has 0 spiro atoms. The van der Waals surface area contributed by atoms with Crippen LogP contribution in [0.15, 0.2) is 85.2 Å². The number of hydrogen-bond donors (Lipinski definition) is 2. The predicted molar refractivity (Wildman–Crippen MR) is 113 cm³/mol. The summed E-state index contributed by atoms with van der Waals surface area (Å²) >= 11 is 0. The summed E-state index contributed by atoms with van der Waals surface area (Å²) in [6, 6.07) is 24.2. The fourth-order valence-electron chi connectivity index (χ4n) is 2.82. The van der Waals surface area contributed by atoms with Crippen molar-refractivity contribution in [1.82, 2.24) is 15.0 Å². The van der Waals surface area contributed by atoms with Crippen molar-refractivity contribution in [1.29, 1.82) is 0 Å². The van der Waals surface area contributed by atoms with Crippen LogP contribution in [-0.2, 0) is 6.54 Å². The van der Waals surface area contributed by atoms with Crippen LogP contribution in [0.4, 0.5) is 17.5 Å². The maximum Gasteiger partial charge on any atom is 0.225 e. The second-order valence-electron chi connectivity index (χ2n) is 6.53. The number of nitrogens with one attached hydrogen (secondary N) is 2. The lowest BCUT2D eigenvalue weighted by Crippen LogP contribution is -2.06. The highest BCUT2D eigenvalue weighted by atomic mass is 15.1. The SMILES string of the molecule is Cc1ccc(Nc2cc(-c3ccccc3)nc(NCc3cccnc3)n2)cc1. The Kier molecular flexibility index (Phi) is 5.24. The van der Waals surface area contributed by atoms with Crippen LogP contribution in [0.25, 0.3) is 11.3 Å². The van der Waals surface area contributed by atoms with Crippen molar-refractivity contribution in [3.63, 3.8) is 0 Å². The first kappa shape index (κ1) is 17.7. The van der Waals surface area contributed by atoms with Gasteiger partial charge < -0.3 is 10.6 Å². The van der Waals surface area contributed by atoms with Crippen LogP contribution in [-0.4, -0.2) is 15.0 Å². The van der Waals surface area contributed by atoms with Crippen molar-refractivity contribution in [2.45, 2.75) is 13.5 Å². The minimum Gasteiger partial charge on any atom is -0.350 e. The van der Waals surface area contributed by atoms with Crippen molar-refractivity contribution < 1.29 is 0 Å². The van der Waals surface area contributed by atoms with E-state index < -0.39 is 0 Å². The number of aromatic nitrogens is 3. The van der Waals surface area contributed by atoms with Gasteiger partial charge in [0, 0.05) is 36.3 Å². The van der Waals surface area contributed by atoms with E-state index in [1.54, 1.807) is 6.20 Å². The standard InChI is InChI=1S/C23H21N5/c1-17-9-11-20(12-10-17)26-22-14-21(19-7-3-2-4-8-19)27-23(28-22)25-16-18-6-5-13-24-15-18/h2-15H,16H2,1H3,(H2,25,26,27,28). The summed E-state index contributed by atoms with van der Waals surface area (Å²) in [5.41, 5.74) is 5.18. The number of pyridine rings is 1. The Morgan fingerprint density at radius 2 is 1.68 bits per heavy atom. The monoisotopic (exact) mass is 367 g/mol. The molecule has 0 radical (unpaired) electrons. The van der Waals surface area contributed by atoms with Crippen molar-refractivity contribution >= 4 is 17.5 Å². The Balaban J connectivity index is 1.63. The van der Waals surface area contributed by atoms with Gasteiger partial charge in [-0.25, -0.2) is 4.98 Å². The van der Waals surface area contributed by atoms with Gasteiger partial charge in [0.25, 0.3) is 0 Å². The molecule has 4 aromatic rings. The molecule has 0 saturated heterocycles. The summed E-state index contributed by atoms with van der Waals surface area (Å²) in [5.74, 6) is 1.31. The minimum atomic E-state index is 0.569. The van der Waals surface area contributed by atoms with E-state index in [1.165, 1.54) is 5.56 Å². The highest BCUT2D eigenvalue weighted by Gasteiger charge is 2.07. The third kappa shape index (κ3) is 4.51. The third-order valence-corrected chi connectivity index (χ3v) is 4.29. The van der Waals surface area contributed by atoms with Crippen molar-refractivity contribution in [2.24, 2.45) is 0 Å². The van der Waals surface area contributed by atoms with Crippen LogP contribution < -0.4 is 10.6 Å². The summed E-state index contributed by atoms with van der Waals surface area (Å²) < 4.78 is 0. The Labute approximate surface area is 164 Å². The highest BCUT2D eigenvalue weighted by molar-refractivity contribution is 5.67. The lowest BCUT2D eigenvalue weighted by molar-refractivity contribution is 1.04. The number of hydrogen-bond acceptors (Lipinski definition) is 5. The largest absolute Gasteiger partial charge is 0.350 e. The van der Waals surface area contributed by atoms with E-state index in [0.29, 0.717) is 12.5 Å². The molecule has 0 unspecified atom stereocenters. The minimum absolute atomic E-state index is 0.569. The van der Waals surface area contributed by atoms with E-state index in [4.69, 9.17) is 4.98 Å². The van der Waals surface area contributed by atoms with Gasteiger partial charge in [-0.05, 0) is 30.7 Å². The average Bonchev–Trinajstić information content (AvgIpc) is 2.75. The Morgan fingerprint density at radius 3 is 2.43 bits per heavy atom. The molecule has 28 heavy (non-hydrogen) atoms. The van der Waals surface area contributed by atoms with Crippen LogP contribution in [0.5, 0.6) is 0 Å². The van der Waals surface area contributed by atoms with Crippen LogP contribution in [0.3, 0.4) is 0 Å². The van der Waals surface area contributed by atoms with Gasteiger partial charge in [-0.2, -0.15) is 4.98 Å². The van der Waals surface area contributed by atoms with E-state index >= 15 is 0 Å². The molecule has 2 N–H and O–H groups in total. The number of benzene rings is 2. The van der Waals surface area contributed by atoms with E-state index in [9.17, 15) is 0 Å². The lowest BCUT2D eigenvalue weighted by atomic mass is 10.1. The van der Waals surface area contributed by atoms with Crippen LogP contribution in [0.1, 0.15) is 11.1 Å². The maximum atomic E-state index is 4.69. The summed E-state index contributed by atoms with van der Waals surface area (Å²) in [6.45, 7) is 2.68. The van der Waals surface area contributed by atoms with Crippen molar-refractivity contribution in [3.05, 3.63) is 96.3 Å². The number of nitrogens with zero attached hydrogens (tertiary/aromatic N) is 3. The van der Waals surface area contributed by atoms with Gasteiger partial charge >= 0.3 is 0 Å². The molecule has 0 bridgehead atoms. The van der Waals surface area contributed by atoms with Gasteiger partial charge in [-0.15, -0.1) is 0 Å². The smallest absolute Gasteiger partial charge is 0.225 e. The van der Waals surface area contributed by atoms with Crippen molar-refractivity contribution in [3.8, 4) is 11.3 Å². The molecule has 4 rings (SSSR count). The summed E-state index contributed by atoms with van der Waals surface area (Å²) in [7, 11) is 0. The second-order valence-corrected chi connectivity index (χ2v) is 6.53. The zero-order valence-electron chi connectivity index (χ0n) is 15.6. The Hall–Kier alpha value is -3.73. The molecule has 5 nitrogen and oxygen atoms in total. The molecule has 0 atom stereocenters. The molecular formula is C23H21N5. The van der Waals surface area contributed by atoms with Gasteiger partial charge in [0.15, 0.2) is 0 Å². The van der Waals surface area contributed by atoms with Crippen LogP contribution in [0, 0.1) is 6.92 Å². The Morgan fingerprint density at radius 1 is 0.857 bits per heavy atom. The summed E-state index contributed by atoms with van der Waals surface area (Å²) in [4.78, 5) is 13.5. The molecule has 0 aliphatic heterocycles. The molecule has 5 heteroatoms. The first-order valence-electron chi connectivity index (χ1n) is 9.17. The van der Waals surface area contributed by atoms with Crippen molar-refractivity contribution in [2.75, 3.05) is 10.6 Å². The van der Waals surface area contributed by atoms with E-state index in [-0.39, 0.29) is 0 Å². The molecule has 138 valence electrons. The number of aryl methyl sites for hydroxylation is 1. The fourth-order valence-corrected chi connectivity index (χ4v) is 2.82. The Bertz CT molecular complexity index is 1030. The molecule has 0 amide bonds. The van der Waals surface area contributed by atoms with Crippen LogP contribution >= 0.6 is 0 Å². The highest BCUT2D eigenvalue weighted by Crippen LogP contribution is 2.24. The molecule has 2 aromatic heterocycles. The molecule has 0 fully saturated rings. The molecule has 0 saturated carbocycles. The lowest BCUT2D eigenvalue weighted by Gasteiger charge is -2.12. The number of rotatable bonds is 6. The second kappa shape index (κ2) is 8.31. The topological polar surface area (TPSA) is 62.7 Å². The van der Waals surface area contributed by atoms with E-state index in [0.717, 1.165) is 28.3 Å². The first-order valence-corrected chi connectivity index (χ1v) is 9.17.